The smallest absolute Gasteiger partial charge is 0.182 e. The van der Waals surface area contributed by atoms with E-state index in [1.807, 2.05) is 29.8 Å². The highest BCUT2D eigenvalue weighted by Crippen LogP contribution is 2.25. The summed E-state index contributed by atoms with van der Waals surface area (Å²) in [6, 6.07) is 6.10. The molecule has 18 heavy (non-hydrogen) atoms. The first kappa shape index (κ1) is 12.5. The Morgan fingerprint density at radius 2 is 2.17 bits per heavy atom. The lowest BCUT2D eigenvalue weighted by Crippen LogP contribution is -2.09. The Morgan fingerprint density at radius 1 is 1.39 bits per heavy atom. The van der Waals surface area contributed by atoms with Crippen molar-refractivity contribution in [2.75, 3.05) is 5.73 Å². The molecule has 0 aliphatic rings. The maximum absolute atomic E-state index is 5.77. The summed E-state index contributed by atoms with van der Waals surface area (Å²) in [4.78, 5) is 0. The minimum atomic E-state index is 0.303. The van der Waals surface area contributed by atoms with E-state index in [1.165, 1.54) is 0 Å². The Kier molecular flexibility index (Phi) is 3.60. The molecule has 2 rings (SSSR count). The first-order valence-electron chi connectivity index (χ1n) is 6.27. The van der Waals surface area contributed by atoms with E-state index in [9.17, 15) is 0 Å². The van der Waals surface area contributed by atoms with Gasteiger partial charge in [-0.1, -0.05) is 13.3 Å². The van der Waals surface area contributed by atoms with Crippen molar-refractivity contribution in [3.8, 4) is 11.4 Å². The lowest BCUT2D eigenvalue weighted by Gasteiger charge is -2.13. The average Bonchev–Trinajstić information content (AvgIpc) is 2.78. The zero-order valence-electron chi connectivity index (χ0n) is 11.1. The Balaban J connectivity index is 2.42. The maximum Gasteiger partial charge on any atom is 0.182 e. The number of aromatic nitrogens is 4. The number of benzene rings is 1. The van der Waals surface area contributed by atoms with Gasteiger partial charge in [0.05, 0.1) is 6.04 Å². The quantitative estimate of drug-likeness (QED) is 0.840. The number of hydrogen-bond donors (Lipinski definition) is 1. The van der Waals surface area contributed by atoms with Crippen LogP contribution in [0.25, 0.3) is 11.4 Å². The maximum atomic E-state index is 5.77. The molecule has 0 aliphatic carbocycles. The molecule has 1 heterocycles. The van der Waals surface area contributed by atoms with Crippen LogP contribution in [0.1, 0.15) is 38.3 Å². The highest BCUT2D eigenvalue weighted by Gasteiger charge is 2.15. The predicted octanol–water partition coefficient (Wildman–Crippen LogP) is 2.59. The number of nitrogen functional groups attached to an aromatic ring is 1. The van der Waals surface area contributed by atoms with Gasteiger partial charge in [0.15, 0.2) is 5.82 Å². The van der Waals surface area contributed by atoms with Gasteiger partial charge in [0.25, 0.3) is 0 Å². The van der Waals surface area contributed by atoms with Gasteiger partial charge in [-0.15, -0.1) is 5.10 Å². The number of nitrogens with two attached hydrogens (primary N) is 1. The Bertz CT molecular complexity index is 532. The van der Waals surface area contributed by atoms with Gasteiger partial charge in [-0.2, -0.15) is 0 Å². The van der Waals surface area contributed by atoms with Crippen molar-refractivity contribution in [3.63, 3.8) is 0 Å². The van der Waals surface area contributed by atoms with Gasteiger partial charge >= 0.3 is 0 Å². The minimum absolute atomic E-state index is 0.303. The van der Waals surface area contributed by atoms with Crippen LogP contribution in [0.4, 0.5) is 5.69 Å². The van der Waals surface area contributed by atoms with Crippen molar-refractivity contribution < 1.29 is 0 Å². The third-order valence-corrected chi connectivity index (χ3v) is 3.11. The van der Waals surface area contributed by atoms with Crippen molar-refractivity contribution in [2.24, 2.45) is 0 Å². The van der Waals surface area contributed by atoms with E-state index in [0.29, 0.717) is 6.04 Å². The van der Waals surface area contributed by atoms with Crippen LogP contribution in [-0.2, 0) is 0 Å². The van der Waals surface area contributed by atoms with Crippen LogP contribution in [0.2, 0.25) is 0 Å². The lowest BCUT2D eigenvalue weighted by molar-refractivity contribution is 0.447. The molecule has 5 heteroatoms. The molecule has 1 unspecified atom stereocenters. The van der Waals surface area contributed by atoms with Crippen molar-refractivity contribution in [2.45, 2.75) is 39.7 Å². The Hall–Kier alpha value is -1.91. The molecule has 0 saturated carbocycles. The van der Waals surface area contributed by atoms with Crippen molar-refractivity contribution >= 4 is 5.69 Å². The summed E-state index contributed by atoms with van der Waals surface area (Å²) in [7, 11) is 0. The summed E-state index contributed by atoms with van der Waals surface area (Å²) in [6.45, 7) is 6.32. The van der Waals surface area contributed by atoms with Crippen molar-refractivity contribution in [1.29, 1.82) is 0 Å². The molecule has 0 saturated heterocycles. The molecular formula is C13H19N5. The molecular weight excluding hydrogens is 226 g/mol. The monoisotopic (exact) mass is 245 g/mol. The number of tetrazole rings is 1. The van der Waals surface area contributed by atoms with E-state index < -0.39 is 0 Å². The molecule has 0 spiro atoms. The van der Waals surface area contributed by atoms with Gasteiger partial charge in [-0.05, 0) is 54.5 Å². The largest absolute Gasteiger partial charge is 0.399 e. The summed E-state index contributed by atoms with van der Waals surface area (Å²) in [5.74, 6) is 0.813. The fraction of sp³-hybridized carbons (Fsp3) is 0.462. The van der Waals surface area contributed by atoms with Gasteiger partial charge in [-0.25, -0.2) is 4.68 Å². The number of hydrogen-bond acceptors (Lipinski definition) is 4. The summed E-state index contributed by atoms with van der Waals surface area (Å²) in [5.41, 5.74) is 8.66. The second kappa shape index (κ2) is 5.16. The molecule has 2 aromatic rings. The third-order valence-electron chi connectivity index (χ3n) is 3.11. The number of nitrogens with zero attached hydrogens (tertiary/aromatic N) is 4. The first-order valence-corrected chi connectivity index (χ1v) is 6.27. The topological polar surface area (TPSA) is 69.6 Å². The van der Waals surface area contributed by atoms with Crippen LogP contribution in [0.5, 0.6) is 0 Å². The summed E-state index contributed by atoms with van der Waals surface area (Å²) >= 11 is 0. The van der Waals surface area contributed by atoms with Crippen LogP contribution in [0.15, 0.2) is 18.2 Å². The summed E-state index contributed by atoms with van der Waals surface area (Å²) < 4.78 is 1.89. The summed E-state index contributed by atoms with van der Waals surface area (Å²) in [6.07, 6.45) is 2.17. The van der Waals surface area contributed by atoms with Gasteiger partial charge in [0, 0.05) is 11.3 Å². The second-order valence-corrected chi connectivity index (χ2v) is 4.66. The van der Waals surface area contributed by atoms with Crippen LogP contribution in [-0.4, -0.2) is 20.2 Å². The van der Waals surface area contributed by atoms with E-state index in [4.69, 9.17) is 5.73 Å². The summed E-state index contributed by atoms with van der Waals surface area (Å²) in [5, 5.41) is 12.0. The Morgan fingerprint density at radius 3 is 2.83 bits per heavy atom. The van der Waals surface area contributed by atoms with E-state index in [0.717, 1.165) is 35.5 Å². The van der Waals surface area contributed by atoms with Crippen LogP contribution in [0.3, 0.4) is 0 Å². The van der Waals surface area contributed by atoms with E-state index >= 15 is 0 Å². The van der Waals surface area contributed by atoms with E-state index in [2.05, 4.69) is 29.4 Å². The molecule has 0 amide bonds. The average molecular weight is 245 g/mol. The minimum Gasteiger partial charge on any atom is -0.399 e. The van der Waals surface area contributed by atoms with E-state index in [1.54, 1.807) is 0 Å². The molecule has 1 aromatic heterocycles. The normalized spacial score (nSPS) is 12.6. The lowest BCUT2D eigenvalue weighted by atomic mass is 10.1. The molecule has 0 bridgehead atoms. The van der Waals surface area contributed by atoms with E-state index in [-0.39, 0.29) is 0 Å². The highest BCUT2D eigenvalue weighted by atomic mass is 15.5. The number of rotatable bonds is 4. The molecule has 1 aromatic carbocycles. The van der Waals surface area contributed by atoms with Crippen LogP contribution < -0.4 is 5.73 Å². The zero-order chi connectivity index (χ0) is 13.1. The fourth-order valence-electron chi connectivity index (χ4n) is 2.15. The van der Waals surface area contributed by atoms with Gasteiger partial charge in [-0.3, -0.25) is 0 Å². The SMILES string of the molecule is CCCC(C)n1nnnc1-c1ccc(N)cc1C. The second-order valence-electron chi connectivity index (χ2n) is 4.66. The fourth-order valence-corrected chi connectivity index (χ4v) is 2.15. The highest BCUT2D eigenvalue weighted by molar-refractivity contribution is 5.63. The molecule has 96 valence electrons. The van der Waals surface area contributed by atoms with Crippen LogP contribution >= 0.6 is 0 Å². The van der Waals surface area contributed by atoms with Crippen LogP contribution in [0, 0.1) is 6.92 Å². The predicted molar refractivity (Wildman–Crippen MR) is 72.0 cm³/mol. The van der Waals surface area contributed by atoms with Gasteiger partial charge in [0.2, 0.25) is 0 Å². The molecule has 2 N–H and O–H groups in total. The van der Waals surface area contributed by atoms with Gasteiger partial charge in [0.1, 0.15) is 0 Å². The standard InChI is InChI=1S/C13H19N5/c1-4-5-10(3)18-13(15-16-17-18)12-7-6-11(14)8-9(12)2/h6-8,10H,4-5,14H2,1-3H3. The molecule has 1 atom stereocenters. The molecule has 0 radical (unpaired) electrons. The number of anilines is 1. The molecule has 0 aliphatic heterocycles. The van der Waals surface area contributed by atoms with Gasteiger partial charge < -0.3 is 5.73 Å². The van der Waals surface area contributed by atoms with Crippen molar-refractivity contribution in [3.05, 3.63) is 23.8 Å². The molecule has 5 nitrogen and oxygen atoms in total. The zero-order valence-corrected chi connectivity index (χ0v) is 11.1. The molecule has 0 fully saturated rings. The first-order chi connectivity index (χ1) is 8.63. The van der Waals surface area contributed by atoms with Crippen molar-refractivity contribution in [1.82, 2.24) is 20.2 Å². The Labute approximate surface area is 107 Å². The number of aryl methyl sites for hydroxylation is 1. The third kappa shape index (κ3) is 2.34.